The minimum absolute atomic E-state index is 0.00532. The largest absolute Gasteiger partial charge is 0.296 e. The Morgan fingerprint density at radius 2 is 1.91 bits per heavy atom. The number of nitrogens with zero attached hydrogens (tertiary/aromatic N) is 2. The lowest BCUT2D eigenvalue weighted by molar-refractivity contribution is 0.102. The Morgan fingerprint density at radius 1 is 1.17 bits per heavy atom. The van der Waals surface area contributed by atoms with Crippen molar-refractivity contribution in [3.8, 4) is 0 Å². The van der Waals surface area contributed by atoms with Gasteiger partial charge < -0.3 is 0 Å². The number of carbonyl (C=O) groups excluding carboxylic acids is 1. The average Bonchev–Trinajstić information content (AvgIpc) is 2.89. The summed E-state index contributed by atoms with van der Waals surface area (Å²) in [4.78, 5) is 22.0. The number of pyridine rings is 1. The summed E-state index contributed by atoms with van der Waals surface area (Å²) in [5.41, 5.74) is 0.974. The van der Waals surface area contributed by atoms with Crippen molar-refractivity contribution < 1.29 is 4.79 Å². The topological polar surface area (TPSA) is 54.9 Å². The van der Waals surface area contributed by atoms with Gasteiger partial charge in [0.05, 0.1) is 20.8 Å². The second-order valence-corrected chi connectivity index (χ2v) is 7.96. The van der Waals surface area contributed by atoms with Gasteiger partial charge in [-0.1, -0.05) is 53.3 Å². The molecule has 1 aliphatic carbocycles. The lowest BCUT2D eigenvalue weighted by atomic mass is 9.93. The Labute approximate surface area is 157 Å². The van der Waals surface area contributed by atoms with E-state index in [2.05, 4.69) is 22.2 Å². The zero-order valence-electron chi connectivity index (χ0n) is 11.9. The van der Waals surface area contributed by atoms with Crippen LogP contribution >= 0.6 is 57.7 Å². The molecular weight excluding hydrogens is 400 g/mol. The molecule has 2 heterocycles. The first kappa shape index (κ1) is 17.2. The number of fused-ring (bicyclic) bond motifs is 1. The number of amides is 1. The summed E-state index contributed by atoms with van der Waals surface area (Å²) in [7, 11) is 0. The van der Waals surface area contributed by atoms with Crippen LogP contribution in [0, 0.1) is 5.92 Å². The molecule has 0 saturated carbocycles. The van der Waals surface area contributed by atoms with Crippen LogP contribution in [0.15, 0.2) is 0 Å². The van der Waals surface area contributed by atoms with Crippen molar-refractivity contribution in [2.45, 2.75) is 26.2 Å². The normalized spacial score (nSPS) is 17.0. The highest BCUT2D eigenvalue weighted by molar-refractivity contribution is 7.15. The number of nitrogens with one attached hydrogen (secondary N) is 1. The van der Waals surface area contributed by atoms with Gasteiger partial charge in [0.2, 0.25) is 0 Å². The molecule has 0 unspecified atom stereocenters. The second-order valence-electron chi connectivity index (χ2n) is 5.38. The molecule has 0 aliphatic heterocycles. The summed E-state index contributed by atoms with van der Waals surface area (Å²) in [5.74, 6) is 0.117. The van der Waals surface area contributed by atoms with Crippen molar-refractivity contribution in [2.24, 2.45) is 5.92 Å². The fourth-order valence-corrected chi connectivity index (χ4v) is 4.37. The Morgan fingerprint density at radius 3 is 2.65 bits per heavy atom. The average molecular weight is 411 g/mol. The van der Waals surface area contributed by atoms with Crippen LogP contribution in [-0.4, -0.2) is 15.9 Å². The maximum absolute atomic E-state index is 12.4. The van der Waals surface area contributed by atoms with Gasteiger partial charge in [-0.15, -0.1) is 11.3 Å². The van der Waals surface area contributed by atoms with Gasteiger partial charge in [0, 0.05) is 4.88 Å². The number of aromatic nitrogens is 2. The van der Waals surface area contributed by atoms with Crippen molar-refractivity contribution in [1.29, 1.82) is 0 Å². The van der Waals surface area contributed by atoms with E-state index in [4.69, 9.17) is 46.4 Å². The predicted molar refractivity (Wildman–Crippen MR) is 95.5 cm³/mol. The molecule has 122 valence electrons. The quantitative estimate of drug-likeness (QED) is 0.662. The molecule has 0 bridgehead atoms. The van der Waals surface area contributed by atoms with E-state index < -0.39 is 5.91 Å². The van der Waals surface area contributed by atoms with E-state index >= 15 is 0 Å². The number of aryl methyl sites for hydroxylation is 1. The first-order chi connectivity index (χ1) is 10.9. The van der Waals surface area contributed by atoms with E-state index in [1.807, 2.05) is 0 Å². The van der Waals surface area contributed by atoms with Gasteiger partial charge in [-0.05, 0) is 25.2 Å². The summed E-state index contributed by atoms with van der Waals surface area (Å²) in [5, 5.41) is 3.15. The number of halogens is 4. The number of carbonyl (C=O) groups is 1. The predicted octanol–water partition coefficient (Wildman–Crippen LogP) is 5.53. The van der Waals surface area contributed by atoms with Crippen LogP contribution in [0.2, 0.25) is 20.2 Å². The van der Waals surface area contributed by atoms with Crippen LogP contribution in [0.4, 0.5) is 5.13 Å². The molecular formula is C14H11Cl4N3OS. The van der Waals surface area contributed by atoms with Crippen molar-refractivity contribution >= 4 is 68.8 Å². The molecule has 9 heteroatoms. The third-order valence-electron chi connectivity index (χ3n) is 3.61. The highest BCUT2D eigenvalue weighted by Crippen LogP contribution is 2.37. The van der Waals surface area contributed by atoms with Crippen LogP contribution in [0.3, 0.4) is 0 Å². The molecule has 1 N–H and O–H groups in total. The summed E-state index contributed by atoms with van der Waals surface area (Å²) >= 11 is 25.2. The second kappa shape index (κ2) is 6.73. The standard InChI is InChI=1S/C14H11Cl4N3OS/c1-5-2-3-6-7(4-5)23-14(19-6)21-13(22)11-9(16)8(15)10(17)12(18)20-11/h5H,2-4H2,1H3,(H,19,21,22)/t5-/m1/s1. The molecule has 0 spiro atoms. The van der Waals surface area contributed by atoms with Gasteiger partial charge in [0.1, 0.15) is 5.15 Å². The Balaban J connectivity index is 1.86. The molecule has 0 radical (unpaired) electrons. The third kappa shape index (κ3) is 3.44. The molecule has 1 aliphatic rings. The van der Waals surface area contributed by atoms with Crippen LogP contribution in [0.25, 0.3) is 0 Å². The van der Waals surface area contributed by atoms with Gasteiger partial charge in [-0.3, -0.25) is 10.1 Å². The lowest BCUT2D eigenvalue weighted by Gasteiger charge is -2.15. The van der Waals surface area contributed by atoms with Crippen molar-refractivity contribution in [1.82, 2.24) is 9.97 Å². The van der Waals surface area contributed by atoms with Crippen LogP contribution in [0.5, 0.6) is 0 Å². The first-order valence-corrected chi connectivity index (χ1v) is 9.19. The van der Waals surface area contributed by atoms with E-state index in [0.29, 0.717) is 11.0 Å². The molecule has 2 aromatic heterocycles. The zero-order valence-corrected chi connectivity index (χ0v) is 15.8. The van der Waals surface area contributed by atoms with Crippen molar-refractivity contribution in [3.63, 3.8) is 0 Å². The molecule has 1 atom stereocenters. The van der Waals surface area contributed by atoms with Gasteiger partial charge in [0.15, 0.2) is 10.8 Å². The number of hydrogen-bond acceptors (Lipinski definition) is 4. The van der Waals surface area contributed by atoms with Crippen LogP contribution in [0.1, 0.15) is 34.4 Å². The Kier molecular flexibility index (Phi) is 5.04. The SMILES string of the molecule is C[C@@H]1CCc2nc(NC(=O)c3nc(Cl)c(Cl)c(Cl)c3Cl)sc2C1. The maximum Gasteiger partial charge on any atom is 0.277 e. The third-order valence-corrected chi connectivity index (χ3v) is 6.32. The van der Waals surface area contributed by atoms with E-state index in [9.17, 15) is 4.79 Å². The van der Waals surface area contributed by atoms with Gasteiger partial charge in [-0.25, -0.2) is 9.97 Å². The van der Waals surface area contributed by atoms with Gasteiger partial charge >= 0.3 is 0 Å². The van der Waals surface area contributed by atoms with E-state index in [1.165, 1.54) is 16.2 Å². The first-order valence-electron chi connectivity index (χ1n) is 6.86. The van der Waals surface area contributed by atoms with Gasteiger partial charge in [-0.2, -0.15) is 0 Å². The monoisotopic (exact) mass is 409 g/mol. The van der Waals surface area contributed by atoms with Crippen LogP contribution in [-0.2, 0) is 12.8 Å². The molecule has 0 fully saturated rings. The number of hydrogen-bond donors (Lipinski definition) is 1. The molecule has 2 aromatic rings. The summed E-state index contributed by atoms with van der Waals surface area (Å²) in [6, 6.07) is 0. The molecule has 4 nitrogen and oxygen atoms in total. The minimum Gasteiger partial charge on any atom is -0.296 e. The molecule has 0 saturated heterocycles. The van der Waals surface area contributed by atoms with Gasteiger partial charge in [0.25, 0.3) is 5.91 Å². The molecule has 3 rings (SSSR count). The smallest absolute Gasteiger partial charge is 0.277 e. The minimum atomic E-state index is -0.519. The zero-order chi connectivity index (χ0) is 16.7. The van der Waals surface area contributed by atoms with E-state index in [1.54, 1.807) is 0 Å². The highest BCUT2D eigenvalue weighted by Gasteiger charge is 2.23. The van der Waals surface area contributed by atoms with E-state index in [-0.39, 0.29) is 25.9 Å². The summed E-state index contributed by atoms with van der Waals surface area (Å²) < 4.78 is 0. The van der Waals surface area contributed by atoms with Crippen molar-refractivity contribution in [3.05, 3.63) is 36.5 Å². The van der Waals surface area contributed by atoms with E-state index in [0.717, 1.165) is 25.0 Å². The van der Waals surface area contributed by atoms with Crippen molar-refractivity contribution in [2.75, 3.05) is 5.32 Å². The molecule has 0 aromatic carbocycles. The number of rotatable bonds is 2. The summed E-state index contributed by atoms with van der Waals surface area (Å²) in [6.45, 7) is 2.21. The number of anilines is 1. The fourth-order valence-electron chi connectivity index (χ4n) is 2.39. The molecule has 1 amide bonds. The Bertz CT molecular complexity index is 793. The van der Waals surface area contributed by atoms with Crippen LogP contribution < -0.4 is 5.32 Å². The molecule has 23 heavy (non-hydrogen) atoms. The maximum atomic E-state index is 12.4. The number of thiazole rings is 1. The Hall–Kier alpha value is -0.590. The lowest BCUT2D eigenvalue weighted by Crippen LogP contribution is -2.15. The fraction of sp³-hybridized carbons (Fsp3) is 0.357. The highest BCUT2D eigenvalue weighted by atomic mass is 35.5. The summed E-state index contributed by atoms with van der Waals surface area (Å²) in [6.07, 6.45) is 3.03.